The zero-order chi connectivity index (χ0) is 14.1. The average molecular weight is 268 g/mol. The van der Waals surface area contributed by atoms with E-state index in [9.17, 15) is 0 Å². The Morgan fingerprint density at radius 1 is 1.11 bits per heavy atom. The lowest BCUT2D eigenvalue weighted by Gasteiger charge is -2.43. The van der Waals surface area contributed by atoms with Gasteiger partial charge in [0, 0.05) is 25.2 Å². The molecule has 1 aliphatic heterocycles. The molecular formula is C17H36N2. The van der Waals surface area contributed by atoms with Crippen LogP contribution in [0.2, 0.25) is 0 Å². The molecule has 114 valence electrons. The van der Waals surface area contributed by atoms with E-state index >= 15 is 0 Å². The van der Waals surface area contributed by atoms with Crippen molar-refractivity contribution in [2.45, 2.75) is 84.7 Å². The van der Waals surface area contributed by atoms with Gasteiger partial charge < -0.3 is 5.32 Å². The topological polar surface area (TPSA) is 15.3 Å². The van der Waals surface area contributed by atoms with Crippen LogP contribution in [0.5, 0.6) is 0 Å². The van der Waals surface area contributed by atoms with Gasteiger partial charge in [0.15, 0.2) is 0 Å². The molecule has 1 heterocycles. The van der Waals surface area contributed by atoms with E-state index < -0.39 is 0 Å². The zero-order valence-electron chi connectivity index (χ0n) is 13.8. The van der Waals surface area contributed by atoms with Gasteiger partial charge in [-0.2, -0.15) is 0 Å². The van der Waals surface area contributed by atoms with Crippen LogP contribution in [0.3, 0.4) is 0 Å². The van der Waals surface area contributed by atoms with Gasteiger partial charge in [-0.15, -0.1) is 0 Å². The summed E-state index contributed by atoms with van der Waals surface area (Å²) in [5, 5.41) is 3.73. The first kappa shape index (κ1) is 17.0. The summed E-state index contributed by atoms with van der Waals surface area (Å²) in [5.41, 5.74) is 0. The van der Waals surface area contributed by atoms with E-state index in [-0.39, 0.29) is 0 Å². The van der Waals surface area contributed by atoms with Crippen molar-refractivity contribution in [2.75, 3.05) is 19.6 Å². The van der Waals surface area contributed by atoms with Crippen molar-refractivity contribution in [3.8, 4) is 0 Å². The van der Waals surface area contributed by atoms with Gasteiger partial charge >= 0.3 is 0 Å². The summed E-state index contributed by atoms with van der Waals surface area (Å²) in [5.74, 6) is 0.820. The predicted octanol–water partition coefficient (Wildman–Crippen LogP) is 4.06. The van der Waals surface area contributed by atoms with Crippen LogP contribution in [0.1, 0.15) is 72.6 Å². The standard InChI is InChI=1S/C17H36N2/c1-5-8-9-10-11-12-19-14-16(7-3)18-13-17(19)15(4)6-2/h15-18H,5-14H2,1-4H3. The fourth-order valence-electron chi connectivity index (χ4n) is 3.18. The number of rotatable bonds is 9. The maximum Gasteiger partial charge on any atom is 0.0246 e. The quantitative estimate of drug-likeness (QED) is 0.635. The summed E-state index contributed by atoms with van der Waals surface area (Å²) in [6, 6.07) is 1.48. The normalized spacial score (nSPS) is 26.5. The molecule has 0 spiro atoms. The minimum absolute atomic E-state index is 0.718. The molecule has 1 rings (SSSR count). The Balaban J connectivity index is 2.37. The molecule has 0 aromatic rings. The number of unbranched alkanes of at least 4 members (excludes halogenated alkanes) is 4. The van der Waals surface area contributed by atoms with Crippen LogP contribution in [0.15, 0.2) is 0 Å². The Bertz CT molecular complexity index is 217. The molecule has 0 saturated carbocycles. The highest BCUT2D eigenvalue weighted by atomic mass is 15.2. The third-order valence-corrected chi connectivity index (χ3v) is 4.88. The molecule has 3 atom stereocenters. The first-order valence-corrected chi connectivity index (χ1v) is 8.70. The number of nitrogens with zero attached hydrogens (tertiary/aromatic N) is 1. The summed E-state index contributed by atoms with van der Waals surface area (Å²) < 4.78 is 0. The van der Waals surface area contributed by atoms with Crippen LogP contribution in [-0.4, -0.2) is 36.6 Å². The number of hydrogen-bond donors (Lipinski definition) is 1. The van der Waals surface area contributed by atoms with Crippen LogP contribution >= 0.6 is 0 Å². The Morgan fingerprint density at radius 2 is 1.84 bits per heavy atom. The van der Waals surface area contributed by atoms with E-state index in [0.717, 1.165) is 18.0 Å². The molecular weight excluding hydrogens is 232 g/mol. The zero-order valence-corrected chi connectivity index (χ0v) is 13.8. The Morgan fingerprint density at radius 3 is 2.47 bits per heavy atom. The number of piperazine rings is 1. The third kappa shape index (κ3) is 5.83. The molecule has 0 aromatic carbocycles. The van der Waals surface area contributed by atoms with Crippen molar-refractivity contribution in [1.82, 2.24) is 10.2 Å². The molecule has 0 aliphatic carbocycles. The SMILES string of the molecule is CCCCCCCN1CC(CC)NCC1C(C)CC. The van der Waals surface area contributed by atoms with E-state index in [0.29, 0.717) is 0 Å². The van der Waals surface area contributed by atoms with Crippen LogP contribution in [-0.2, 0) is 0 Å². The van der Waals surface area contributed by atoms with Crippen LogP contribution < -0.4 is 5.32 Å². The number of hydrogen-bond acceptors (Lipinski definition) is 2. The summed E-state index contributed by atoms with van der Waals surface area (Å²) in [7, 11) is 0. The van der Waals surface area contributed by atoms with Gasteiger partial charge in [-0.1, -0.05) is 59.8 Å². The van der Waals surface area contributed by atoms with Crippen molar-refractivity contribution in [2.24, 2.45) is 5.92 Å². The summed E-state index contributed by atoms with van der Waals surface area (Å²) in [4.78, 5) is 2.78. The minimum atomic E-state index is 0.718. The van der Waals surface area contributed by atoms with Crippen molar-refractivity contribution < 1.29 is 0 Å². The van der Waals surface area contributed by atoms with Crippen molar-refractivity contribution in [3.63, 3.8) is 0 Å². The van der Waals surface area contributed by atoms with Gasteiger partial charge in [-0.05, 0) is 25.3 Å². The van der Waals surface area contributed by atoms with Crippen molar-refractivity contribution in [3.05, 3.63) is 0 Å². The highest BCUT2D eigenvalue weighted by molar-refractivity contribution is 4.87. The Labute approximate surface area is 121 Å². The molecule has 1 N–H and O–H groups in total. The van der Waals surface area contributed by atoms with Crippen LogP contribution in [0.25, 0.3) is 0 Å². The number of nitrogens with one attached hydrogen (secondary N) is 1. The molecule has 0 amide bonds. The van der Waals surface area contributed by atoms with Gasteiger partial charge in [0.25, 0.3) is 0 Å². The average Bonchev–Trinajstić information content (AvgIpc) is 2.46. The van der Waals surface area contributed by atoms with E-state index in [2.05, 4.69) is 37.9 Å². The maximum absolute atomic E-state index is 3.73. The van der Waals surface area contributed by atoms with Gasteiger partial charge in [-0.3, -0.25) is 4.90 Å². The predicted molar refractivity (Wildman–Crippen MR) is 85.7 cm³/mol. The molecule has 2 heteroatoms. The van der Waals surface area contributed by atoms with Gasteiger partial charge in [0.2, 0.25) is 0 Å². The summed E-state index contributed by atoms with van der Waals surface area (Å²) in [6.07, 6.45) is 9.56. The van der Waals surface area contributed by atoms with E-state index in [1.807, 2.05) is 0 Å². The largest absolute Gasteiger partial charge is 0.311 e. The second-order valence-corrected chi connectivity index (χ2v) is 6.38. The fourth-order valence-corrected chi connectivity index (χ4v) is 3.18. The highest BCUT2D eigenvalue weighted by Gasteiger charge is 2.29. The lowest BCUT2D eigenvalue weighted by atomic mass is 9.93. The van der Waals surface area contributed by atoms with E-state index in [1.165, 1.54) is 64.6 Å². The lowest BCUT2D eigenvalue weighted by Crippen LogP contribution is -2.58. The molecule has 0 radical (unpaired) electrons. The summed E-state index contributed by atoms with van der Waals surface area (Å²) >= 11 is 0. The molecule has 0 aromatic heterocycles. The molecule has 1 saturated heterocycles. The van der Waals surface area contributed by atoms with Gasteiger partial charge in [0.1, 0.15) is 0 Å². The first-order chi connectivity index (χ1) is 9.22. The molecule has 1 fully saturated rings. The minimum Gasteiger partial charge on any atom is -0.311 e. The van der Waals surface area contributed by atoms with Crippen molar-refractivity contribution in [1.29, 1.82) is 0 Å². The highest BCUT2D eigenvalue weighted by Crippen LogP contribution is 2.20. The van der Waals surface area contributed by atoms with Gasteiger partial charge in [0.05, 0.1) is 0 Å². The molecule has 0 bridgehead atoms. The van der Waals surface area contributed by atoms with Crippen LogP contribution in [0, 0.1) is 5.92 Å². The Hall–Kier alpha value is -0.0800. The van der Waals surface area contributed by atoms with Crippen LogP contribution in [0.4, 0.5) is 0 Å². The maximum atomic E-state index is 3.73. The molecule has 1 aliphatic rings. The second-order valence-electron chi connectivity index (χ2n) is 6.38. The van der Waals surface area contributed by atoms with E-state index in [4.69, 9.17) is 0 Å². The Kier molecular flexibility index (Phi) is 8.72. The first-order valence-electron chi connectivity index (χ1n) is 8.70. The smallest absolute Gasteiger partial charge is 0.0246 e. The van der Waals surface area contributed by atoms with E-state index in [1.54, 1.807) is 0 Å². The molecule has 3 unspecified atom stereocenters. The summed E-state index contributed by atoms with van der Waals surface area (Å²) in [6.45, 7) is 13.1. The molecule has 19 heavy (non-hydrogen) atoms. The molecule has 2 nitrogen and oxygen atoms in total. The van der Waals surface area contributed by atoms with Crippen molar-refractivity contribution >= 4 is 0 Å². The fraction of sp³-hybridized carbons (Fsp3) is 1.00. The third-order valence-electron chi connectivity index (χ3n) is 4.88. The van der Waals surface area contributed by atoms with Gasteiger partial charge in [-0.25, -0.2) is 0 Å². The monoisotopic (exact) mass is 268 g/mol. The second kappa shape index (κ2) is 9.77. The lowest BCUT2D eigenvalue weighted by molar-refractivity contribution is 0.0884.